The number of ether oxygens (including phenoxy) is 1. The van der Waals surface area contributed by atoms with Crippen molar-refractivity contribution < 1.29 is 14.3 Å². The molecule has 0 unspecified atom stereocenters. The van der Waals surface area contributed by atoms with E-state index in [1.165, 1.54) is 22.9 Å². The second-order valence-corrected chi connectivity index (χ2v) is 5.38. The largest absolute Gasteiger partial charge is 0.383 e. The molecule has 0 aromatic heterocycles. The van der Waals surface area contributed by atoms with Crippen LogP contribution in [0.1, 0.15) is 11.1 Å². The summed E-state index contributed by atoms with van der Waals surface area (Å²) in [7, 11) is 1.55. The molecule has 0 atom stereocenters. The standard InChI is InChI=1S/C14H20N2O3S/c1-10-4-5-12(8-11(10)2)20-9-13(17)16-14(18)15-6-7-19-3/h4-5,8H,6-7,9H2,1-3H3,(H2,15,16,17,18). The lowest BCUT2D eigenvalue weighted by atomic mass is 10.1. The van der Waals surface area contributed by atoms with Gasteiger partial charge in [0.2, 0.25) is 5.91 Å². The Morgan fingerprint density at radius 1 is 1.25 bits per heavy atom. The zero-order valence-corrected chi connectivity index (χ0v) is 12.8. The number of nitrogens with one attached hydrogen (secondary N) is 2. The molecule has 0 heterocycles. The molecule has 3 amide bonds. The fourth-order valence-electron chi connectivity index (χ4n) is 1.43. The minimum Gasteiger partial charge on any atom is -0.383 e. The quantitative estimate of drug-likeness (QED) is 0.621. The first-order chi connectivity index (χ1) is 9.52. The van der Waals surface area contributed by atoms with Crippen LogP contribution in [-0.2, 0) is 9.53 Å². The number of methoxy groups -OCH3 is 1. The van der Waals surface area contributed by atoms with E-state index in [0.717, 1.165) is 4.90 Å². The summed E-state index contributed by atoms with van der Waals surface area (Å²) in [5, 5.41) is 4.79. The molecule has 0 fully saturated rings. The minimum absolute atomic E-state index is 0.209. The predicted octanol–water partition coefficient (Wildman–Crippen LogP) is 1.87. The summed E-state index contributed by atoms with van der Waals surface area (Å²) >= 11 is 1.40. The van der Waals surface area contributed by atoms with E-state index in [-0.39, 0.29) is 11.7 Å². The molecule has 0 saturated carbocycles. The molecule has 0 radical (unpaired) electrons. The highest BCUT2D eigenvalue weighted by Crippen LogP contribution is 2.20. The molecule has 20 heavy (non-hydrogen) atoms. The van der Waals surface area contributed by atoms with Crippen LogP contribution < -0.4 is 10.6 Å². The number of carbonyl (C=O) groups is 2. The monoisotopic (exact) mass is 296 g/mol. The average Bonchev–Trinajstić information content (AvgIpc) is 2.40. The molecule has 0 bridgehead atoms. The van der Waals surface area contributed by atoms with E-state index < -0.39 is 6.03 Å². The summed E-state index contributed by atoms with van der Waals surface area (Å²) < 4.78 is 4.79. The molecule has 110 valence electrons. The average molecular weight is 296 g/mol. The van der Waals surface area contributed by atoms with Crippen molar-refractivity contribution in [2.45, 2.75) is 18.7 Å². The Balaban J connectivity index is 2.32. The lowest BCUT2D eigenvalue weighted by Gasteiger charge is -2.07. The van der Waals surface area contributed by atoms with Crippen molar-refractivity contribution in [3.8, 4) is 0 Å². The highest BCUT2D eigenvalue weighted by Gasteiger charge is 2.08. The Morgan fingerprint density at radius 3 is 2.65 bits per heavy atom. The Kier molecular flexibility index (Phi) is 7.11. The fraction of sp³-hybridized carbons (Fsp3) is 0.429. The van der Waals surface area contributed by atoms with Crippen molar-refractivity contribution in [3.63, 3.8) is 0 Å². The fourth-order valence-corrected chi connectivity index (χ4v) is 2.22. The molecule has 1 rings (SSSR count). The second-order valence-electron chi connectivity index (χ2n) is 4.33. The third-order valence-corrected chi connectivity index (χ3v) is 3.69. The van der Waals surface area contributed by atoms with Crippen LogP contribution in [0.2, 0.25) is 0 Å². The van der Waals surface area contributed by atoms with Gasteiger partial charge in [-0.05, 0) is 37.1 Å². The van der Waals surface area contributed by atoms with E-state index in [1.807, 2.05) is 32.0 Å². The van der Waals surface area contributed by atoms with E-state index in [2.05, 4.69) is 10.6 Å². The number of urea groups is 1. The molecule has 0 aliphatic heterocycles. The van der Waals surface area contributed by atoms with Crippen molar-refractivity contribution in [2.24, 2.45) is 0 Å². The van der Waals surface area contributed by atoms with E-state index in [4.69, 9.17) is 4.74 Å². The summed E-state index contributed by atoms with van der Waals surface area (Å²) in [6, 6.07) is 5.53. The highest BCUT2D eigenvalue weighted by molar-refractivity contribution is 8.00. The smallest absolute Gasteiger partial charge is 0.321 e. The maximum absolute atomic E-state index is 11.6. The third-order valence-electron chi connectivity index (χ3n) is 2.69. The van der Waals surface area contributed by atoms with Gasteiger partial charge in [0.25, 0.3) is 0 Å². The first-order valence-corrected chi connectivity index (χ1v) is 7.28. The van der Waals surface area contributed by atoms with Gasteiger partial charge in [0, 0.05) is 18.6 Å². The number of thioether (sulfide) groups is 1. The van der Waals surface area contributed by atoms with Crippen molar-refractivity contribution in [1.29, 1.82) is 0 Å². The number of rotatable bonds is 6. The van der Waals surface area contributed by atoms with Gasteiger partial charge < -0.3 is 10.1 Å². The van der Waals surface area contributed by atoms with Gasteiger partial charge in [-0.25, -0.2) is 4.79 Å². The van der Waals surface area contributed by atoms with Crippen LogP contribution >= 0.6 is 11.8 Å². The highest BCUT2D eigenvalue weighted by atomic mass is 32.2. The zero-order valence-electron chi connectivity index (χ0n) is 12.0. The molecule has 1 aromatic carbocycles. The van der Waals surface area contributed by atoms with Crippen molar-refractivity contribution in [1.82, 2.24) is 10.6 Å². The normalized spacial score (nSPS) is 10.2. The topological polar surface area (TPSA) is 67.4 Å². The summed E-state index contributed by atoms with van der Waals surface area (Å²) in [6.45, 7) is 4.86. The van der Waals surface area contributed by atoms with E-state index in [1.54, 1.807) is 7.11 Å². The molecule has 0 spiro atoms. The number of imide groups is 1. The molecule has 0 aliphatic carbocycles. The molecule has 6 heteroatoms. The number of hydrogen-bond acceptors (Lipinski definition) is 4. The third kappa shape index (κ3) is 6.08. The lowest BCUT2D eigenvalue weighted by molar-refractivity contribution is -0.117. The Labute approximate surface area is 123 Å². The maximum Gasteiger partial charge on any atom is 0.321 e. The molecular formula is C14H20N2O3S. The Morgan fingerprint density at radius 2 is 2.00 bits per heavy atom. The molecule has 1 aromatic rings. The Hall–Kier alpha value is -1.53. The van der Waals surface area contributed by atoms with E-state index in [0.29, 0.717) is 13.2 Å². The number of aryl methyl sites for hydroxylation is 2. The van der Waals surface area contributed by atoms with Gasteiger partial charge >= 0.3 is 6.03 Å². The molecule has 0 aliphatic rings. The van der Waals surface area contributed by atoms with Crippen molar-refractivity contribution in [3.05, 3.63) is 29.3 Å². The van der Waals surface area contributed by atoms with Crippen molar-refractivity contribution in [2.75, 3.05) is 26.0 Å². The number of hydrogen-bond donors (Lipinski definition) is 2. The lowest BCUT2D eigenvalue weighted by Crippen LogP contribution is -2.41. The SMILES string of the molecule is COCCNC(=O)NC(=O)CSc1ccc(C)c(C)c1. The van der Waals surface area contributed by atoms with Gasteiger partial charge in [-0.2, -0.15) is 0 Å². The van der Waals surface area contributed by atoms with Crippen molar-refractivity contribution >= 4 is 23.7 Å². The first-order valence-electron chi connectivity index (χ1n) is 6.29. The second kappa shape index (κ2) is 8.60. The van der Waals surface area contributed by atoms with Gasteiger partial charge in [0.1, 0.15) is 0 Å². The van der Waals surface area contributed by atoms with Gasteiger partial charge in [0.15, 0.2) is 0 Å². The van der Waals surface area contributed by atoms with Gasteiger partial charge in [-0.1, -0.05) is 6.07 Å². The van der Waals surface area contributed by atoms with Crippen LogP contribution in [0.15, 0.2) is 23.1 Å². The molecule has 0 saturated heterocycles. The summed E-state index contributed by atoms with van der Waals surface area (Å²) in [5.74, 6) is -0.108. The molecular weight excluding hydrogens is 276 g/mol. The van der Waals surface area contributed by atoms with Crippen LogP contribution in [0.5, 0.6) is 0 Å². The summed E-state index contributed by atoms with van der Waals surface area (Å²) in [5.41, 5.74) is 2.41. The zero-order chi connectivity index (χ0) is 15.0. The maximum atomic E-state index is 11.6. The van der Waals surface area contributed by atoms with Crippen LogP contribution in [0.4, 0.5) is 4.79 Å². The van der Waals surface area contributed by atoms with Gasteiger partial charge in [0.05, 0.1) is 12.4 Å². The number of benzene rings is 1. The summed E-state index contributed by atoms with van der Waals surface area (Å²) in [4.78, 5) is 23.9. The van der Waals surface area contributed by atoms with E-state index >= 15 is 0 Å². The number of carbonyl (C=O) groups excluding carboxylic acids is 2. The molecule has 5 nitrogen and oxygen atoms in total. The van der Waals surface area contributed by atoms with Gasteiger partial charge in [-0.3, -0.25) is 10.1 Å². The van der Waals surface area contributed by atoms with Crippen LogP contribution in [0.25, 0.3) is 0 Å². The molecule has 2 N–H and O–H groups in total. The minimum atomic E-state index is -0.493. The van der Waals surface area contributed by atoms with Crippen LogP contribution in [0.3, 0.4) is 0 Å². The Bertz CT molecular complexity index is 477. The summed E-state index contributed by atoms with van der Waals surface area (Å²) in [6.07, 6.45) is 0. The van der Waals surface area contributed by atoms with Crippen LogP contribution in [0, 0.1) is 13.8 Å². The first kappa shape index (κ1) is 16.5. The van der Waals surface area contributed by atoms with Gasteiger partial charge in [-0.15, -0.1) is 11.8 Å². The number of amides is 3. The van der Waals surface area contributed by atoms with Crippen LogP contribution in [-0.4, -0.2) is 38.0 Å². The predicted molar refractivity (Wildman–Crippen MR) is 80.1 cm³/mol. The van der Waals surface area contributed by atoms with E-state index in [9.17, 15) is 9.59 Å².